The van der Waals surface area contributed by atoms with Crippen molar-refractivity contribution in [3.05, 3.63) is 40.0 Å². The van der Waals surface area contributed by atoms with Crippen molar-refractivity contribution in [3.8, 4) is 5.69 Å². The molecule has 1 saturated carbocycles. The number of nitrogens with zero attached hydrogens (tertiary/aromatic N) is 2. The summed E-state index contributed by atoms with van der Waals surface area (Å²) in [5.74, 6) is 1.20. The van der Waals surface area contributed by atoms with Crippen LogP contribution in [0.15, 0.2) is 18.2 Å². The lowest BCUT2D eigenvalue weighted by molar-refractivity contribution is -0.137. The van der Waals surface area contributed by atoms with Gasteiger partial charge in [-0.1, -0.05) is 30.9 Å². The summed E-state index contributed by atoms with van der Waals surface area (Å²) < 4.78 is 41.3. The van der Waals surface area contributed by atoms with Crippen LogP contribution < -0.4 is 5.32 Å². The van der Waals surface area contributed by atoms with Crippen LogP contribution >= 0.6 is 11.6 Å². The number of anilines is 1. The summed E-state index contributed by atoms with van der Waals surface area (Å²) in [6.07, 6.45) is 4.40. The summed E-state index contributed by atoms with van der Waals surface area (Å²) in [5.41, 5.74) is 1.79. The summed E-state index contributed by atoms with van der Waals surface area (Å²) in [4.78, 5) is 0. The van der Waals surface area contributed by atoms with Crippen molar-refractivity contribution in [3.63, 3.8) is 0 Å². The molecule has 0 radical (unpaired) electrons. The number of rotatable bonds is 2. The molecule has 27 heavy (non-hydrogen) atoms. The number of hydrogen-bond donors (Lipinski definition) is 1. The quantitative estimate of drug-likeness (QED) is 0.640. The zero-order valence-corrected chi connectivity index (χ0v) is 15.8. The monoisotopic (exact) mass is 397 g/mol. The van der Waals surface area contributed by atoms with E-state index >= 15 is 0 Å². The standard InChI is InChI=1S/C20H23ClF3N3/c21-16-10-9-14(20(22,23)24)12-17(16)27-19-15(8-4-5-11-25-19)18(26-27)13-6-2-1-3-7-13/h9-10,12-13,25H,1-8,11H2. The zero-order valence-electron chi connectivity index (χ0n) is 15.1. The third-order valence-electron chi connectivity index (χ3n) is 5.65. The lowest BCUT2D eigenvalue weighted by atomic mass is 9.85. The third kappa shape index (κ3) is 3.68. The molecule has 2 aliphatic rings. The van der Waals surface area contributed by atoms with Gasteiger partial charge in [-0.15, -0.1) is 0 Å². The van der Waals surface area contributed by atoms with Crippen LogP contribution in [0, 0.1) is 0 Å². The molecule has 0 saturated heterocycles. The second-order valence-corrected chi connectivity index (χ2v) is 7.91. The van der Waals surface area contributed by atoms with Gasteiger partial charge in [0.25, 0.3) is 0 Å². The number of benzene rings is 1. The Bertz CT molecular complexity index is 823. The molecular weight excluding hydrogens is 375 g/mol. The van der Waals surface area contributed by atoms with Gasteiger partial charge in [-0.2, -0.15) is 18.3 Å². The van der Waals surface area contributed by atoms with Gasteiger partial charge in [-0.3, -0.25) is 0 Å². The fourth-order valence-electron chi connectivity index (χ4n) is 4.26. The minimum Gasteiger partial charge on any atom is -0.370 e. The fourth-order valence-corrected chi connectivity index (χ4v) is 4.46. The number of fused-ring (bicyclic) bond motifs is 1. The van der Waals surface area contributed by atoms with Crippen molar-refractivity contribution in [2.45, 2.75) is 63.5 Å². The number of halogens is 4. The highest BCUT2D eigenvalue weighted by atomic mass is 35.5. The second kappa shape index (κ2) is 7.38. The van der Waals surface area contributed by atoms with Gasteiger partial charge in [0.2, 0.25) is 0 Å². The zero-order chi connectivity index (χ0) is 19.0. The Labute approximate surface area is 161 Å². The van der Waals surface area contributed by atoms with Crippen molar-refractivity contribution in [2.75, 3.05) is 11.9 Å². The highest BCUT2D eigenvalue weighted by Gasteiger charge is 2.32. The Morgan fingerprint density at radius 2 is 1.85 bits per heavy atom. The van der Waals surface area contributed by atoms with Gasteiger partial charge < -0.3 is 5.32 Å². The molecule has 1 aliphatic carbocycles. The van der Waals surface area contributed by atoms with E-state index in [1.807, 2.05) is 0 Å². The third-order valence-corrected chi connectivity index (χ3v) is 5.97. The Kier molecular flexibility index (Phi) is 5.10. The van der Waals surface area contributed by atoms with Crippen LogP contribution in [0.2, 0.25) is 5.02 Å². The molecule has 1 fully saturated rings. The predicted octanol–water partition coefficient (Wildman–Crippen LogP) is 6.34. The molecule has 0 atom stereocenters. The van der Waals surface area contributed by atoms with Crippen LogP contribution in [-0.2, 0) is 12.6 Å². The smallest absolute Gasteiger partial charge is 0.370 e. The van der Waals surface area contributed by atoms with Crippen LogP contribution in [0.4, 0.5) is 19.0 Å². The number of hydrogen-bond acceptors (Lipinski definition) is 2. The summed E-state index contributed by atoms with van der Waals surface area (Å²) in [7, 11) is 0. The van der Waals surface area contributed by atoms with Crippen LogP contribution in [0.25, 0.3) is 5.69 Å². The van der Waals surface area contributed by atoms with E-state index in [0.717, 1.165) is 67.9 Å². The summed E-state index contributed by atoms with van der Waals surface area (Å²) in [5, 5.41) is 8.48. The normalized spacial score (nSPS) is 18.7. The minimum absolute atomic E-state index is 0.273. The van der Waals surface area contributed by atoms with E-state index < -0.39 is 11.7 Å². The topological polar surface area (TPSA) is 29.9 Å². The van der Waals surface area contributed by atoms with Gasteiger partial charge in [0.05, 0.1) is 22.0 Å². The molecule has 1 aromatic heterocycles. The Morgan fingerprint density at radius 3 is 2.59 bits per heavy atom. The first kappa shape index (κ1) is 18.7. The van der Waals surface area contributed by atoms with Crippen molar-refractivity contribution < 1.29 is 13.2 Å². The van der Waals surface area contributed by atoms with Crippen LogP contribution in [0.1, 0.15) is 67.7 Å². The summed E-state index contributed by atoms with van der Waals surface area (Å²) in [6, 6.07) is 3.43. The first-order chi connectivity index (χ1) is 12.9. The number of nitrogens with one attached hydrogen (secondary N) is 1. The van der Waals surface area contributed by atoms with E-state index in [1.54, 1.807) is 4.68 Å². The first-order valence-corrected chi connectivity index (χ1v) is 10.1. The summed E-state index contributed by atoms with van der Waals surface area (Å²) >= 11 is 6.30. The van der Waals surface area contributed by atoms with E-state index in [2.05, 4.69) is 5.32 Å². The average Bonchev–Trinajstić information content (AvgIpc) is 2.83. The van der Waals surface area contributed by atoms with E-state index in [1.165, 1.54) is 25.3 Å². The molecule has 4 rings (SSSR count). The molecule has 2 aromatic rings. The molecule has 146 valence electrons. The van der Waals surface area contributed by atoms with E-state index in [0.29, 0.717) is 11.6 Å². The van der Waals surface area contributed by atoms with Gasteiger partial charge in [-0.25, -0.2) is 4.68 Å². The molecule has 0 unspecified atom stereocenters. The Morgan fingerprint density at radius 1 is 1.07 bits per heavy atom. The Balaban J connectivity index is 1.84. The number of alkyl halides is 3. The van der Waals surface area contributed by atoms with Crippen molar-refractivity contribution in [1.82, 2.24) is 9.78 Å². The predicted molar refractivity (Wildman–Crippen MR) is 101 cm³/mol. The SMILES string of the molecule is FC(F)(F)c1ccc(Cl)c(-n2nc(C3CCCCC3)c3c2NCCCC3)c1. The lowest BCUT2D eigenvalue weighted by Gasteiger charge is -2.20. The van der Waals surface area contributed by atoms with Crippen LogP contribution in [0.3, 0.4) is 0 Å². The van der Waals surface area contributed by atoms with Crippen molar-refractivity contribution in [1.29, 1.82) is 0 Å². The number of aromatic nitrogens is 2. The van der Waals surface area contributed by atoms with Gasteiger partial charge in [-0.05, 0) is 50.3 Å². The van der Waals surface area contributed by atoms with Crippen molar-refractivity contribution >= 4 is 17.4 Å². The molecule has 0 bridgehead atoms. The molecule has 0 spiro atoms. The highest BCUT2D eigenvalue weighted by molar-refractivity contribution is 6.32. The minimum atomic E-state index is -4.41. The van der Waals surface area contributed by atoms with E-state index in [-0.39, 0.29) is 5.02 Å². The molecule has 1 aromatic carbocycles. The Hall–Kier alpha value is -1.69. The lowest BCUT2D eigenvalue weighted by Crippen LogP contribution is -2.11. The van der Waals surface area contributed by atoms with Gasteiger partial charge >= 0.3 is 6.18 Å². The maximum absolute atomic E-state index is 13.2. The molecule has 1 aliphatic heterocycles. The molecule has 1 N–H and O–H groups in total. The van der Waals surface area contributed by atoms with E-state index in [9.17, 15) is 13.2 Å². The van der Waals surface area contributed by atoms with Crippen molar-refractivity contribution in [2.24, 2.45) is 0 Å². The molecule has 3 nitrogen and oxygen atoms in total. The second-order valence-electron chi connectivity index (χ2n) is 7.51. The highest BCUT2D eigenvalue weighted by Crippen LogP contribution is 2.40. The fraction of sp³-hybridized carbons (Fsp3) is 0.550. The first-order valence-electron chi connectivity index (χ1n) is 9.68. The largest absolute Gasteiger partial charge is 0.416 e. The van der Waals surface area contributed by atoms with Gasteiger partial charge in [0.15, 0.2) is 0 Å². The van der Waals surface area contributed by atoms with Crippen LogP contribution in [0.5, 0.6) is 0 Å². The average molecular weight is 398 g/mol. The maximum atomic E-state index is 13.2. The molecular formula is C20H23ClF3N3. The van der Waals surface area contributed by atoms with Gasteiger partial charge in [0, 0.05) is 18.0 Å². The molecule has 2 heterocycles. The van der Waals surface area contributed by atoms with E-state index in [4.69, 9.17) is 16.7 Å². The molecule has 7 heteroatoms. The molecule has 0 amide bonds. The van der Waals surface area contributed by atoms with Crippen LogP contribution in [-0.4, -0.2) is 16.3 Å². The summed E-state index contributed by atoms with van der Waals surface area (Å²) in [6.45, 7) is 0.791. The van der Waals surface area contributed by atoms with Gasteiger partial charge in [0.1, 0.15) is 5.82 Å². The maximum Gasteiger partial charge on any atom is 0.416 e.